The van der Waals surface area contributed by atoms with Gasteiger partial charge in [-0.15, -0.1) is 0 Å². The lowest BCUT2D eigenvalue weighted by Gasteiger charge is -2.09. The Morgan fingerprint density at radius 2 is 1.84 bits per heavy atom. The third-order valence-electron chi connectivity index (χ3n) is 2.60. The van der Waals surface area contributed by atoms with Crippen molar-refractivity contribution < 1.29 is 8.42 Å². The number of hydrogen-bond donors (Lipinski definition) is 2. The van der Waals surface area contributed by atoms with E-state index in [-0.39, 0.29) is 5.75 Å². The van der Waals surface area contributed by atoms with E-state index < -0.39 is 10.0 Å². The largest absolute Gasteiger partial charge is 0.399 e. The molecule has 2 aromatic carbocycles. The molecule has 0 aliphatic rings. The molecule has 100 valence electrons. The zero-order chi connectivity index (χ0) is 13.9. The second-order valence-electron chi connectivity index (χ2n) is 4.48. The number of anilines is 2. The summed E-state index contributed by atoms with van der Waals surface area (Å²) in [6.45, 7) is 1.91. The minimum Gasteiger partial charge on any atom is -0.399 e. The van der Waals surface area contributed by atoms with Crippen molar-refractivity contribution in [3.05, 3.63) is 59.7 Å². The van der Waals surface area contributed by atoms with Crippen molar-refractivity contribution in [2.24, 2.45) is 0 Å². The molecule has 0 aliphatic heterocycles. The van der Waals surface area contributed by atoms with Crippen LogP contribution in [0.3, 0.4) is 0 Å². The second kappa shape index (κ2) is 5.32. The molecule has 0 saturated heterocycles. The SMILES string of the molecule is Cc1cccc(NS(=O)(=O)Cc2cccc(N)c2)c1. The van der Waals surface area contributed by atoms with E-state index in [0.717, 1.165) is 5.56 Å². The van der Waals surface area contributed by atoms with E-state index in [9.17, 15) is 8.42 Å². The second-order valence-corrected chi connectivity index (χ2v) is 6.20. The summed E-state index contributed by atoms with van der Waals surface area (Å²) >= 11 is 0. The van der Waals surface area contributed by atoms with E-state index in [4.69, 9.17) is 5.73 Å². The summed E-state index contributed by atoms with van der Waals surface area (Å²) in [4.78, 5) is 0. The fourth-order valence-corrected chi connectivity index (χ4v) is 3.00. The first-order valence-corrected chi connectivity index (χ1v) is 7.51. The van der Waals surface area contributed by atoms with Gasteiger partial charge in [0.05, 0.1) is 5.75 Å². The van der Waals surface area contributed by atoms with Gasteiger partial charge in [0.25, 0.3) is 0 Å². The highest BCUT2D eigenvalue weighted by molar-refractivity contribution is 7.91. The van der Waals surface area contributed by atoms with Crippen LogP contribution in [0.1, 0.15) is 11.1 Å². The molecule has 0 aliphatic carbocycles. The van der Waals surface area contributed by atoms with Gasteiger partial charge >= 0.3 is 0 Å². The number of aryl methyl sites for hydroxylation is 1. The standard InChI is InChI=1S/C14H16N2O2S/c1-11-4-2-7-14(8-11)16-19(17,18)10-12-5-3-6-13(15)9-12/h2-9,16H,10,15H2,1H3. The van der Waals surface area contributed by atoms with Crippen molar-refractivity contribution in [3.63, 3.8) is 0 Å². The highest BCUT2D eigenvalue weighted by atomic mass is 32.2. The molecular weight excluding hydrogens is 260 g/mol. The maximum Gasteiger partial charge on any atom is 0.236 e. The first kappa shape index (κ1) is 13.4. The molecule has 0 spiro atoms. The van der Waals surface area contributed by atoms with Gasteiger partial charge in [0.15, 0.2) is 0 Å². The third kappa shape index (κ3) is 3.99. The van der Waals surface area contributed by atoms with E-state index >= 15 is 0 Å². The van der Waals surface area contributed by atoms with E-state index in [1.54, 1.807) is 36.4 Å². The Kier molecular flexibility index (Phi) is 3.76. The summed E-state index contributed by atoms with van der Waals surface area (Å²) in [6.07, 6.45) is 0. The minimum absolute atomic E-state index is 0.0913. The Hall–Kier alpha value is -2.01. The van der Waals surface area contributed by atoms with Crippen LogP contribution in [0.15, 0.2) is 48.5 Å². The van der Waals surface area contributed by atoms with Crippen molar-refractivity contribution in [1.82, 2.24) is 0 Å². The summed E-state index contributed by atoms with van der Waals surface area (Å²) < 4.78 is 26.6. The zero-order valence-corrected chi connectivity index (χ0v) is 11.4. The average molecular weight is 276 g/mol. The molecule has 0 heterocycles. The first-order valence-electron chi connectivity index (χ1n) is 5.86. The summed E-state index contributed by atoms with van der Waals surface area (Å²) in [7, 11) is -3.43. The normalized spacial score (nSPS) is 11.2. The van der Waals surface area contributed by atoms with Crippen molar-refractivity contribution in [2.75, 3.05) is 10.5 Å². The number of nitrogens with two attached hydrogens (primary N) is 1. The molecule has 0 aromatic heterocycles. The van der Waals surface area contributed by atoms with Crippen molar-refractivity contribution in [2.45, 2.75) is 12.7 Å². The predicted molar refractivity (Wildman–Crippen MR) is 78.3 cm³/mol. The van der Waals surface area contributed by atoms with Gasteiger partial charge in [0.1, 0.15) is 0 Å². The van der Waals surface area contributed by atoms with Crippen LogP contribution >= 0.6 is 0 Å². The number of nitrogen functional groups attached to an aromatic ring is 1. The lowest BCUT2D eigenvalue weighted by atomic mass is 10.2. The molecule has 5 heteroatoms. The van der Waals surface area contributed by atoms with Crippen LogP contribution in [0.5, 0.6) is 0 Å². The van der Waals surface area contributed by atoms with Crippen LogP contribution in [0.2, 0.25) is 0 Å². The summed E-state index contributed by atoms with van der Waals surface area (Å²) in [5.41, 5.74) is 8.44. The molecule has 0 fully saturated rings. The Balaban J connectivity index is 2.15. The van der Waals surface area contributed by atoms with Gasteiger partial charge in [-0.2, -0.15) is 0 Å². The van der Waals surface area contributed by atoms with Crippen molar-refractivity contribution in [3.8, 4) is 0 Å². The Morgan fingerprint density at radius 3 is 2.53 bits per heavy atom. The molecule has 0 unspecified atom stereocenters. The average Bonchev–Trinajstić information content (AvgIpc) is 2.27. The van der Waals surface area contributed by atoms with Gasteiger partial charge in [-0.05, 0) is 42.3 Å². The van der Waals surface area contributed by atoms with Crippen LogP contribution < -0.4 is 10.5 Å². The maximum absolute atomic E-state index is 12.0. The van der Waals surface area contributed by atoms with Crippen LogP contribution in [-0.4, -0.2) is 8.42 Å². The molecule has 0 amide bonds. The van der Waals surface area contributed by atoms with Gasteiger partial charge in [0, 0.05) is 11.4 Å². The van der Waals surface area contributed by atoms with Crippen LogP contribution in [0.4, 0.5) is 11.4 Å². The monoisotopic (exact) mass is 276 g/mol. The van der Waals surface area contributed by atoms with Crippen molar-refractivity contribution in [1.29, 1.82) is 0 Å². The van der Waals surface area contributed by atoms with E-state index in [1.807, 2.05) is 19.1 Å². The van der Waals surface area contributed by atoms with Gasteiger partial charge < -0.3 is 5.73 Å². The lowest BCUT2D eigenvalue weighted by Crippen LogP contribution is -2.15. The van der Waals surface area contributed by atoms with Crippen molar-refractivity contribution >= 4 is 21.4 Å². The van der Waals surface area contributed by atoms with Gasteiger partial charge in [-0.1, -0.05) is 24.3 Å². The third-order valence-corrected chi connectivity index (χ3v) is 3.86. The van der Waals surface area contributed by atoms with Crippen LogP contribution in [-0.2, 0) is 15.8 Å². The smallest absolute Gasteiger partial charge is 0.236 e. The summed E-state index contributed by atoms with van der Waals surface area (Å²) in [5, 5.41) is 0. The van der Waals surface area contributed by atoms with Gasteiger partial charge in [-0.3, -0.25) is 4.72 Å². The molecule has 2 rings (SSSR count). The van der Waals surface area contributed by atoms with Gasteiger partial charge in [0.2, 0.25) is 10.0 Å². The fourth-order valence-electron chi connectivity index (χ4n) is 1.83. The Labute approximate surface area is 113 Å². The molecule has 2 aromatic rings. The van der Waals surface area contributed by atoms with Crippen LogP contribution in [0, 0.1) is 6.92 Å². The highest BCUT2D eigenvalue weighted by Gasteiger charge is 2.11. The number of sulfonamides is 1. The highest BCUT2D eigenvalue weighted by Crippen LogP contribution is 2.15. The zero-order valence-electron chi connectivity index (χ0n) is 10.6. The maximum atomic E-state index is 12.0. The topological polar surface area (TPSA) is 72.2 Å². The molecule has 0 saturated carbocycles. The van der Waals surface area contributed by atoms with Crippen LogP contribution in [0.25, 0.3) is 0 Å². The number of rotatable bonds is 4. The molecule has 0 radical (unpaired) electrons. The molecule has 19 heavy (non-hydrogen) atoms. The molecular formula is C14H16N2O2S. The summed E-state index contributed by atoms with van der Waals surface area (Å²) in [5.74, 6) is -0.0913. The molecule has 4 nitrogen and oxygen atoms in total. The number of hydrogen-bond acceptors (Lipinski definition) is 3. The Bertz CT molecular complexity index is 628. The van der Waals surface area contributed by atoms with E-state index in [2.05, 4.69) is 4.72 Å². The number of nitrogens with one attached hydrogen (secondary N) is 1. The minimum atomic E-state index is -3.43. The van der Waals surface area contributed by atoms with Gasteiger partial charge in [-0.25, -0.2) is 8.42 Å². The number of benzene rings is 2. The fraction of sp³-hybridized carbons (Fsp3) is 0.143. The molecule has 0 atom stereocenters. The van der Waals surface area contributed by atoms with E-state index in [0.29, 0.717) is 16.9 Å². The van der Waals surface area contributed by atoms with E-state index in [1.165, 1.54) is 0 Å². The predicted octanol–water partition coefficient (Wildman–Crippen LogP) is 2.52. The lowest BCUT2D eigenvalue weighted by molar-refractivity contribution is 0.600. The Morgan fingerprint density at radius 1 is 1.11 bits per heavy atom. The summed E-state index contributed by atoms with van der Waals surface area (Å²) in [6, 6.07) is 14.1. The molecule has 3 N–H and O–H groups in total. The quantitative estimate of drug-likeness (QED) is 0.843. The molecule has 0 bridgehead atoms. The first-order chi connectivity index (χ1) is 8.94.